The van der Waals surface area contributed by atoms with Gasteiger partial charge in [0.05, 0.1) is 22.7 Å². The van der Waals surface area contributed by atoms with Gasteiger partial charge >= 0.3 is 0 Å². The Kier molecular flexibility index (Phi) is 4.35. The second-order valence-corrected chi connectivity index (χ2v) is 4.73. The molecule has 0 saturated heterocycles. The second-order valence-electron chi connectivity index (χ2n) is 4.32. The van der Waals surface area contributed by atoms with Crippen LogP contribution in [0.4, 0.5) is 0 Å². The number of amides is 1. The fourth-order valence-corrected chi connectivity index (χ4v) is 2.13. The van der Waals surface area contributed by atoms with E-state index in [1.165, 1.54) is 0 Å². The summed E-state index contributed by atoms with van der Waals surface area (Å²) in [4.78, 5) is 16.4. The number of carbonyl (C=O) groups is 1. The lowest BCUT2D eigenvalue weighted by molar-refractivity contribution is 0.0907. The summed E-state index contributed by atoms with van der Waals surface area (Å²) in [5.74, 6) is -0.176. The van der Waals surface area contributed by atoms with Gasteiger partial charge in [0.15, 0.2) is 0 Å². The lowest BCUT2D eigenvalue weighted by atomic mass is 10.1. The monoisotopic (exact) mass is 278 g/mol. The highest BCUT2D eigenvalue weighted by Crippen LogP contribution is 2.24. The molecule has 5 heteroatoms. The van der Waals surface area contributed by atoms with E-state index in [9.17, 15) is 4.79 Å². The van der Waals surface area contributed by atoms with Crippen LogP contribution in [0.3, 0.4) is 0 Å². The SMILES string of the molecule is COC[C@H](C)NC(=O)c1ccc(Cl)c2cccnc12. The highest BCUT2D eigenvalue weighted by molar-refractivity contribution is 6.36. The van der Waals surface area contributed by atoms with E-state index < -0.39 is 0 Å². The molecular formula is C14H15ClN2O2. The highest BCUT2D eigenvalue weighted by Gasteiger charge is 2.14. The normalized spacial score (nSPS) is 12.4. The topological polar surface area (TPSA) is 51.2 Å². The van der Waals surface area contributed by atoms with Crippen molar-refractivity contribution in [3.05, 3.63) is 41.0 Å². The summed E-state index contributed by atoms with van der Waals surface area (Å²) in [6, 6.07) is 6.98. The predicted molar refractivity (Wildman–Crippen MR) is 75.6 cm³/mol. The number of aromatic nitrogens is 1. The van der Waals surface area contributed by atoms with Crippen molar-refractivity contribution >= 4 is 28.4 Å². The average Bonchev–Trinajstić information content (AvgIpc) is 2.39. The highest BCUT2D eigenvalue weighted by atomic mass is 35.5. The lowest BCUT2D eigenvalue weighted by Gasteiger charge is -2.13. The van der Waals surface area contributed by atoms with E-state index in [4.69, 9.17) is 16.3 Å². The molecule has 4 nitrogen and oxygen atoms in total. The summed E-state index contributed by atoms with van der Waals surface area (Å²) >= 11 is 6.10. The molecule has 0 aliphatic heterocycles. The van der Waals surface area contributed by atoms with E-state index in [0.717, 1.165) is 5.39 Å². The lowest BCUT2D eigenvalue weighted by Crippen LogP contribution is -2.35. The number of benzene rings is 1. The summed E-state index contributed by atoms with van der Waals surface area (Å²) in [5.41, 5.74) is 1.13. The Labute approximate surface area is 116 Å². The minimum absolute atomic E-state index is 0.0630. The summed E-state index contributed by atoms with van der Waals surface area (Å²) in [6.45, 7) is 2.34. The molecular weight excluding hydrogens is 264 g/mol. The van der Waals surface area contributed by atoms with E-state index in [-0.39, 0.29) is 11.9 Å². The van der Waals surface area contributed by atoms with Crippen LogP contribution in [0.25, 0.3) is 10.9 Å². The van der Waals surface area contributed by atoms with E-state index in [1.54, 1.807) is 31.5 Å². The van der Waals surface area contributed by atoms with Gasteiger partial charge in [-0.1, -0.05) is 11.6 Å². The van der Waals surface area contributed by atoms with Crippen molar-refractivity contribution in [2.75, 3.05) is 13.7 Å². The molecule has 19 heavy (non-hydrogen) atoms. The third-order valence-corrected chi connectivity index (χ3v) is 3.08. The molecule has 0 saturated carbocycles. The Bertz CT molecular complexity index is 601. The first-order valence-electron chi connectivity index (χ1n) is 5.96. The number of nitrogens with zero attached hydrogens (tertiary/aromatic N) is 1. The van der Waals surface area contributed by atoms with Crippen LogP contribution in [0, 0.1) is 0 Å². The van der Waals surface area contributed by atoms with E-state index >= 15 is 0 Å². The largest absolute Gasteiger partial charge is 0.383 e. The van der Waals surface area contributed by atoms with Crippen molar-refractivity contribution in [3.63, 3.8) is 0 Å². The van der Waals surface area contributed by atoms with Crippen molar-refractivity contribution in [2.45, 2.75) is 13.0 Å². The Hall–Kier alpha value is -1.65. The quantitative estimate of drug-likeness (QED) is 0.935. The van der Waals surface area contributed by atoms with Crippen LogP contribution in [-0.4, -0.2) is 30.6 Å². The third-order valence-electron chi connectivity index (χ3n) is 2.76. The molecule has 0 unspecified atom stereocenters. The standard InChI is InChI=1S/C14H15ClN2O2/c1-9(8-19-2)17-14(18)11-5-6-12(15)10-4-3-7-16-13(10)11/h3-7,9H,8H2,1-2H3,(H,17,18)/t9-/m0/s1. The van der Waals surface area contributed by atoms with Gasteiger partial charge in [-0.3, -0.25) is 9.78 Å². The van der Waals surface area contributed by atoms with Crippen molar-refractivity contribution < 1.29 is 9.53 Å². The van der Waals surface area contributed by atoms with Gasteiger partial charge in [-0.25, -0.2) is 0 Å². The number of methoxy groups -OCH3 is 1. The summed E-state index contributed by atoms with van der Waals surface area (Å²) < 4.78 is 5.00. The van der Waals surface area contributed by atoms with Crippen LogP contribution in [0.5, 0.6) is 0 Å². The first kappa shape index (κ1) is 13.8. The van der Waals surface area contributed by atoms with Gasteiger partial charge in [0, 0.05) is 24.7 Å². The molecule has 1 aromatic heterocycles. The molecule has 1 N–H and O–H groups in total. The number of rotatable bonds is 4. The average molecular weight is 279 g/mol. The maximum atomic E-state index is 12.2. The van der Waals surface area contributed by atoms with E-state index in [2.05, 4.69) is 10.3 Å². The zero-order valence-electron chi connectivity index (χ0n) is 10.8. The fourth-order valence-electron chi connectivity index (χ4n) is 1.91. The Morgan fingerprint density at radius 3 is 3.00 bits per heavy atom. The zero-order chi connectivity index (χ0) is 13.8. The van der Waals surface area contributed by atoms with Crippen LogP contribution in [0.1, 0.15) is 17.3 Å². The van der Waals surface area contributed by atoms with Crippen LogP contribution >= 0.6 is 11.6 Å². The number of carbonyl (C=O) groups excluding carboxylic acids is 1. The molecule has 2 rings (SSSR count). The number of halogens is 1. The maximum Gasteiger partial charge on any atom is 0.253 e. The Morgan fingerprint density at radius 1 is 1.47 bits per heavy atom. The number of fused-ring (bicyclic) bond motifs is 1. The van der Waals surface area contributed by atoms with Crippen LogP contribution in [0.2, 0.25) is 5.02 Å². The molecule has 0 aliphatic rings. The van der Waals surface area contributed by atoms with Crippen LogP contribution in [0.15, 0.2) is 30.5 Å². The van der Waals surface area contributed by atoms with E-state index in [0.29, 0.717) is 22.7 Å². The maximum absolute atomic E-state index is 12.2. The fraction of sp³-hybridized carbons (Fsp3) is 0.286. The number of hydrogen-bond donors (Lipinski definition) is 1. The molecule has 0 fully saturated rings. The number of hydrogen-bond acceptors (Lipinski definition) is 3. The predicted octanol–water partition coefficient (Wildman–Crippen LogP) is 2.65. The molecule has 1 amide bonds. The third kappa shape index (κ3) is 3.03. The second kappa shape index (κ2) is 5.99. The molecule has 1 atom stereocenters. The molecule has 1 aromatic carbocycles. The minimum atomic E-state index is -0.176. The summed E-state index contributed by atoms with van der Waals surface area (Å²) in [5, 5.41) is 4.22. The molecule has 100 valence electrons. The van der Waals surface area contributed by atoms with Crippen molar-refractivity contribution in [3.8, 4) is 0 Å². The van der Waals surface area contributed by atoms with Crippen molar-refractivity contribution in [2.24, 2.45) is 0 Å². The van der Waals surface area contributed by atoms with Gasteiger partial charge in [0.2, 0.25) is 0 Å². The molecule has 0 aliphatic carbocycles. The number of ether oxygens (including phenoxy) is 1. The van der Waals surface area contributed by atoms with Gasteiger partial charge in [-0.15, -0.1) is 0 Å². The molecule has 2 aromatic rings. The minimum Gasteiger partial charge on any atom is -0.383 e. The van der Waals surface area contributed by atoms with E-state index in [1.807, 2.05) is 13.0 Å². The molecule has 0 radical (unpaired) electrons. The van der Waals surface area contributed by atoms with Gasteiger partial charge in [-0.05, 0) is 31.2 Å². The van der Waals surface area contributed by atoms with Crippen molar-refractivity contribution in [1.82, 2.24) is 10.3 Å². The van der Waals surface area contributed by atoms with Gasteiger partial charge in [0.1, 0.15) is 0 Å². The summed E-state index contributed by atoms with van der Waals surface area (Å²) in [6.07, 6.45) is 1.65. The van der Waals surface area contributed by atoms with Crippen molar-refractivity contribution in [1.29, 1.82) is 0 Å². The van der Waals surface area contributed by atoms with Crippen LogP contribution < -0.4 is 5.32 Å². The first-order valence-corrected chi connectivity index (χ1v) is 6.34. The molecule has 0 spiro atoms. The zero-order valence-corrected chi connectivity index (χ0v) is 11.6. The Balaban J connectivity index is 2.35. The molecule has 0 bridgehead atoms. The van der Waals surface area contributed by atoms with Gasteiger partial charge < -0.3 is 10.1 Å². The Morgan fingerprint density at radius 2 is 2.26 bits per heavy atom. The number of pyridine rings is 1. The number of nitrogens with one attached hydrogen (secondary N) is 1. The summed E-state index contributed by atoms with van der Waals surface area (Å²) in [7, 11) is 1.60. The van der Waals surface area contributed by atoms with Gasteiger partial charge in [-0.2, -0.15) is 0 Å². The van der Waals surface area contributed by atoms with Crippen LogP contribution in [-0.2, 0) is 4.74 Å². The smallest absolute Gasteiger partial charge is 0.253 e. The first-order chi connectivity index (χ1) is 9.13. The molecule has 1 heterocycles. The van der Waals surface area contributed by atoms with Gasteiger partial charge in [0.25, 0.3) is 5.91 Å².